The van der Waals surface area contributed by atoms with Crippen molar-refractivity contribution < 1.29 is 5.11 Å². The van der Waals surface area contributed by atoms with Gasteiger partial charge in [-0.2, -0.15) is 0 Å². The Bertz CT molecular complexity index is 632. The smallest absolute Gasteiger partial charge is 0.139 e. The summed E-state index contributed by atoms with van der Waals surface area (Å²) >= 11 is 0. The molecule has 0 saturated heterocycles. The molecule has 0 amide bonds. The second-order valence-electron chi connectivity index (χ2n) is 3.98. The number of benzene rings is 2. The summed E-state index contributed by atoms with van der Waals surface area (Å²) in [5.41, 5.74) is 0.846. The summed E-state index contributed by atoms with van der Waals surface area (Å²) in [4.78, 5) is 6.99. The molecular weight excluding hydrogens is 212 g/mol. The summed E-state index contributed by atoms with van der Waals surface area (Å²) in [6.07, 6.45) is 2.65. The normalized spacial score (nSPS) is 12.8. The van der Waals surface area contributed by atoms with Crippen molar-refractivity contribution in [3.8, 4) is 0 Å². The van der Waals surface area contributed by atoms with Gasteiger partial charge in [0.1, 0.15) is 11.9 Å². The first-order chi connectivity index (χ1) is 8.34. The summed E-state index contributed by atoms with van der Waals surface area (Å²) in [5.74, 6) is 0.570. The zero-order chi connectivity index (χ0) is 11.7. The molecule has 17 heavy (non-hydrogen) atoms. The number of aliphatic hydroxyl groups is 1. The monoisotopic (exact) mass is 224 g/mol. The molecule has 0 fully saturated rings. The van der Waals surface area contributed by atoms with Gasteiger partial charge >= 0.3 is 0 Å². The first kappa shape index (κ1) is 10.1. The molecule has 1 unspecified atom stereocenters. The van der Waals surface area contributed by atoms with Crippen LogP contribution in [0.3, 0.4) is 0 Å². The molecule has 0 aliphatic carbocycles. The van der Waals surface area contributed by atoms with Crippen LogP contribution in [0.25, 0.3) is 10.8 Å². The minimum Gasteiger partial charge on any atom is -0.380 e. The number of fused-ring (bicyclic) bond motifs is 1. The second kappa shape index (κ2) is 4.03. The van der Waals surface area contributed by atoms with Crippen LogP contribution in [0.15, 0.2) is 54.9 Å². The molecule has 0 radical (unpaired) electrons. The molecule has 3 rings (SSSR count). The van der Waals surface area contributed by atoms with Gasteiger partial charge in [0.05, 0.1) is 0 Å². The third-order valence-electron chi connectivity index (χ3n) is 2.87. The van der Waals surface area contributed by atoms with Gasteiger partial charge in [0, 0.05) is 12.4 Å². The molecule has 0 bridgehead atoms. The molecular formula is C14H12N2O. The molecule has 2 N–H and O–H groups in total. The lowest BCUT2D eigenvalue weighted by Crippen LogP contribution is -2.01. The van der Waals surface area contributed by atoms with Crippen molar-refractivity contribution in [3.63, 3.8) is 0 Å². The van der Waals surface area contributed by atoms with Gasteiger partial charge in [-0.15, -0.1) is 0 Å². The summed E-state index contributed by atoms with van der Waals surface area (Å²) < 4.78 is 0. The van der Waals surface area contributed by atoms with Gasteiger partial charge < -0.3 is 10.1 Å². The minimum atomic E-state index is -0.699. The van der Waals surface area contributed by atoms with Crippen molar-refractivity contribution in [2.45, 2.75) is 6.10 Å². The highest BCUT2D eigenvalue weighted by Crippen LogP contribution is 2.23. The van der Waals surface area contributed by atoms with Crippen LogP contribution in [0, 0.1) is 0 Å². The average Bonchev–Trinajstić information content (AvgIpc) is 2.91. The molecule has 3 aromatic rings. The predicted octanol–water partition coefficient (Wildman–Crippen LogP) is 2.64. The predicted molar refractivity (Wildman–Crippen MR) is 66.6 cm³/mol. The van der Waals surface area contributed by atoms with Crippen LogP contribution >= 0.6 is 0 Å². The Kier molecular flexibility index (Phi) is 2.38. The SMILES string of the molecule is OC(c1ccc2ccccc2c1)c1ncc[nH]1. The molecule has 1 heterocycles. The van der Waals surface area contributed by atoms with Gasteiger partial charge in [-0.1, -0.05) is 36.4 Å². The molecule has 3 heteroatoms. The molecule has 84 valence electrons. The number of hydrogen-bond acceptors (Lipinski definition) is 2. The lowest BCUT2D eigenvalue weighted by molar-refractivity contribution is 0.211. The summed E-state index contributed by atoms with van der Waals surface area (Å²) in [6.45, 7) is 0. The van der Waals surface area contributed by atoms with Crippen LogP contribution in [0.4, 0.5) is 0 Å². The third-order valence-corrected chi connectivity index (χ3v) is 2.87. The maximum Gasteiger partial charge on any atom is 0.139 e. The third kappa shape index (κ3) is 1.81. The summed E-state index contributed by atoms with van der Waals surface area (Å²) in [6, 6.07) is 14.0. The number of imidazole rings is 1. The van der Waals surface area contributed by atoms with Gasteiger partial charge in [-0.3, -0.25) is 0 Å². The molecule has 1 atom stereocenters. The largest absolute Gasteiger partial charge is 0.380 e. The number of H-pyrrole nitrogens is 1. The Morgan fingerprint density at radius 2 is 1.88 bits per heavy atom. The molecule has 0 aliphatic rings. The number of aliphatic hydroxyl groups excluding tert-OH is 1. The highest BCUT2D eigenvalue weighted by atomic mass is 16.3. The van der Waals surface area contributed by atoms with E-state index in [2.05, 4.69) is 16.0 Å². The number of nitrogens with one attached hydrogen (secondary N) is 1. The maximum absolute atomic E-state index is 10.1. The Hall–Kier alpha value is -2.13. The molecule has 3 nitrogen and oxygen atoms in total. The van der Waals surface area contributed by atoms with E-state index in [0.29, 0.717) is 5.82 Å². The molecule has 0 aliphatic heterocycles. The van der Waals surface area contributed by atoms with E-state index in [1.165, 1.54) is 5.39 Å². The Morgan fingerprint density at radius 3 is 2.65 bits per heavy atom. The van der Waals surface area contributed by atoms with Crippen molar-refractivity contribution in [2.75, 3.05) is 0 Å². The number of hydrogen-bond donors (Lipinski definition) is 2. The second-order valence-corrected chi connectivity index (χ2v) is 3.98. The van der Waals surface area contributed by atoms with Gasteiger partial charge in [0.15, 0.2) is 0 Å². The van der Waals surface area contributed by atoms with Crippen LogP contribution < -0.4 is 0 Å². The minimum absolute atomic E-state index is 0.570. The van der Waals surface area contributed by atoms with Crippen molar-refractivity contribution in [1.82, 2.24) is 9.97 Å². The summed E-state index contributed by atoms with van der Waals surface area (Å²) in [7, 11) is 0. The van der Waals surface area contributed by atoms with Crippen LogP contribution in [0.1, 0.15) is 17.5 Å². The Morgan fingerprint density at radius 1 is 1.06 bits per heavy atom. The van der Waals surface area contributed by atoms with Crippen molar-refractivity contribution in [3.05, 3.63) is 66.2 Å². The van der Waals surface area contributed by atoms with Crippen molar-refractivity contribution in [1.29, 1.82) is 0 Å². The molecule has 2 aromatic carbocycles. The quantitative estimate of drug-likeness (QED) is 0.703. The van der Waals surface area contributed by atoms with E-state index >= 15 is 0 Å². The summed E-state index contributed by atoms with van der Waals surface area (Å²) in [5, 5.41) is 12.4. The van der Waals surface area contributed by atoms with E-state index in [-0.39, 0.29) is 0 Å². The number of aromatic nitrogens is 2. The fourth-order valence-corrected chi connectivity index (χ4v) is 1.96. The standard InChI is InChI=1S/C14H12N2O/c17-13(14-15-7-8-16-14)12-6-5-10-3-1-2-4-11(10)9-12/h1-9,13,17H,(H,15,16). The highest BCUT2D eigenvalue weighted by Gasteiger charge is 2.12. The topological polar surface area (TPSA) is 48.9 Å². The Balaban J connectivity index is 2.06. The van der Waals surface area contributed by atoms with E-state index in [0.717, 1.165) is 10.9 Å². The van der Waals surface area contributed by atoms with E-state index in [9.17, 15) is 5.11 Å². The zero-order valence-electron chi connectivity index (χ0n) is 9.17. The van der Waals surface area contributed by atoms with E-state index in [1.807, 2.05) is 36.4 Å². The van der Waals surface area contributed by atoms with Gasteiger partial charge in [-0.25, -0.2) is 4.98 Å². The molecule has 0 spiro atoms. The fourth-order valence-electron chi connectivity index (χ4n) is 1.96. The van der Waals surface area contributed by atoms with Crippen LogP contribution in [-0.4, -0.2) is 15.1 Å². The number of rotatable bonds is 2. The van der Waals surface area contributed by atoms with Gasteiger partial charge in [0.2, 0.25) is 0 Å². The first-order valence-corrected chi connectivity index (χ1v) is 5.50. The zero-order valence-corrected chi connectivity index (χ0v) is 9.17. The van der Waals surface area contributed by atoms with E-state index in [1.54, 1.807) is 12.4 Å². The van der Waals surface area contributed by atoms with Gasteiger partial charge in [-0.05, 0) is 22.4 Å². The lowest BCUT2D eigenvalue weighted by atomic mass is 10.0. The molecule has 0 saturated carbocycles. The lowest BCUT2D eigenvalue weighted by Gasteiger charge is -2.09. The van der Waals surface area contributed by atoms with Crippen molar-refractivity contribution >= 4 is 10.8 Å². The maximum atomic E-state index is 10.1. The van der Waals surface area contributed by atoms with Crippen molar-refractivity contribution in [2.24, 2.45) is 0 Å². The van der Waals surface area contributed by atoms with Crippen LogP contribution in [0.2, 0.25) is 0 Å². The fraction of sp³-hybridized carbons (Fsp3) is 0.0714. The Labute approximate surface area is 98.8 Å². The van der Waals surface area contributed by atoms with Gasteiger partial charge in [0.25, 0.3) is 0 Å². The number of aromatic amines is 1. The average molecular weight is 224 g/mol. The molecule has 1 aromatic heterocycles. The van der Waals surface area contributed by atoms with Crippen LogP contribution in [0.5, 0.6) is 0 Å². The van der Waals surface area contributed by atoms with Crippen LogP contribution in [-0.2, 0) is 0 Å². The number of nitrogens with zero attached hydrogens (tertiary/aromatic N) is 1. The van der Waals surface area contributed by atoms with E-state index < -0.39 is 6.10 Å². The van der Waals surface area contributed by atoms with E-state index in [4.69, 9.17) is 0 Å². The highest BCUT2D eigenvalue weighted by molar-refractivity contribution is 5.83. The first-order valence-electron chi connectivity index (χ1n) is 5.50.